The van der Waals surface area contributed by atoms with Crippen molar-refractivity contribution in [3.63, 3.8) is 0 Å². The Morgan fingerprint density at radius 3 is 2.94 bits per heavy atom. The van der Waals surface area contributed by atoms with Crippen LogP contribution in [0.3, 0.4) is 0 Å². The Morgan fingerprint density at radius 1 is 1.44 bits per heavy atom. The molecule has 80 valence electrons. The number of nitriles is 1. The third-order valence-electron chi connectivity index (χ3n) is 2.10. The monoisotopic (exact) mass is 216 g/mol. The molecule has 0 aliphatic rings. The van der Waals surface area contributed by atoms with Gasteiger partial charge in [-0.25, -0.2) is 4.39 Å². The summed E-state index contributed by atoms with van der Waals surface area (Å²) in [6.45, 7) is -0.351. The summed E-state index contributed by atoms with van der Waals surface area (Å²) >= 11 is 0. The van der Waals surface area contributed by atoms with Crippen LogP contribution in [0.2, 0.25) is 0 Å². The number of halogens is 1. The van der Waals surface area contributed by atoms with Crippen LogP contribution in [0.25, 0.3) is 11.4 Å². The predicted octanol–water partition coefficient (Wildman–Crippen LogP) is 1.79. The second kappa shape index (κ2) is 4.53. The van der Waals surface area contributed by atoms with Crippen molar-refractivity contribution in [3.8, 4) is 17.5 Å². The Balaban J connectivity index is 2.45. The molecule has 0 radical (unpaired) electrons. The highest BCUT2D eigenvalue weighted by molar-refractivity contribution is 5.61. The van der Waals surface area contributed by atoms with Gasteiger partial charge in [-0.2, -0.15) is 10.4 Å². The van der Waals surface area contributed by atoms with Crippen molar-refractivity contribution < 1.29 is 4.39 Å². The van der Waals surface area contributed by atoms with Crippen molar-refractivity contribution in [1.29, 1.82) is 5.26 Å². The molecular formula is C11H9FN4. The largest absolute Gasteiger partial charge is 0.268 e. The summed E-state index contributed by atoms with van der Waals surface area (Å²) in [6, 6.07) is 7.40. The zero-order chi connectivity index (χ0) is 11.4. The minimum absolute atomic E-state index is 0.154. The highest BCUT2D eigenvalue weighted by atomic mass is 19.1. The quantitative estimate of drug-likeness (QED) is 0.785. The summed E-state index contributed by atoms with van der Waals surface area (Å²) in [5.74, 6) is 0. The minimum Gasteiger partial charge on any atom is -0.268 e. The summed E-state index contributed by atoms with van der Waals surface area (Å²) in [4.78, 5) is 4.11. The molecule has 0 atom stereocenters. The van der Waals surface area contributed by atoms with Gasteiger partial charge in [0.15, 0.2) is 0 Å². The number of aryl methyl sites for hydroxylation is 1. The van der Waals surface area contributed by atoms with Gasteiger partial charge < -0.3 is 0 Å². The fourth-order valence-electron chi connectivity index (χ4n) is 1.40. The summed E-state index contributed by atoms with van der Waals surface area (Å²) in [5.41, 5.74) is 1.53. The topological polar surface area (TPSA) is 54.5 Å². The highest BCUT2D eigenvalue weighted by Gasteiger charge is 2.11. The summed E-state index contributed by atoms with van der Waals surface area (Å²) in [7, 11) is 0. The lowest BCUT2D eigenvalue weighted by atomic mass is 10.2. The van der Waals surface area contributed by atoms with Crippen LogP contribution < -0.4 is 0 Å². The van der Waals surface area contributed by atoms with Gasteiger partial charge in [0, 0.05) is 12.4 Å². The molecule has 0 saturated heterocycles. The van der Waals surface area contributed by atoms with E-state index in [9.17, 15) is 4.39 Å². The number of aromatic nitrogens is 3. The summed E-state index contributed by atoms with van der Waals surface area (Å²) in [6.07, 6.45) is 3.16. The smallest absolute Gasteiger partial charge is 0.128 e. The Hall–Kier alpha value is -2.22. The molecule has 0 aliphatic heterocycles. The average Bonchev–Trinajstić information content (AvgIpc) is 2.74. The lowest BCUT2D eigenvalue weighted by Crippen LogP contribution is -1.99. The van der Waals surface area contributed by atoms with Crippen LogP contribution >= 0.6 is 0 Å². The molecule has 0 N–H and O–H groups in total. The van der Waals surface area contributed by atoms with E-state index in [4.69, 9.17) is 5.26 Å². The van der Waals surface area contributed by atoms with Crippen LogP contribution in [0, 0.1) is 11.3 Å². The van der Waals surface area contributed by atoms with Gasteiger partial charge in [-0.05, 0) is 12.1 Å². The zero-order valence-corrected chi connectivity index (χ0v) is 8.47. The first-order chi connectivity index (χ1) is 7.85. The normalized spacial score (nSPS) is 10.0. The molecule has 0 aromatic carbocycles. The van der Waals surface area contributed by atoms with Crippen LogP contribution in [0.15, 0.2) is 30.6 Å². The summed E-state index contributed by atoms with van der Waals surface area (Å²) in [5, 5.41) is 13.1. The molecule has 2 rings (SSSR count). The van der Waals surface area contributed by atoms with Gasteiger partial charge in [0.25, 0.3) is 0 Å². The van der Waals surface area contributed by atoms with Crippen molar-refractivity contribution in [2.24, 2.45) is 0 Å². The number of alkyl halides is 1. The fraction of sp³-hybridized carbons (Fsp3) is 0.182. The first-order valence-electron chi connectivity index (χ1n) is 4.80. The van der Waals surface area contributed by atoms with Crippen molar-refractivity contribution >= 4 is 0 Å². The standard InChI is InChI=1S/C11H9FN4/c12-4-6-16-8-9(7-13)11(15-16)10-3-1-2-5-14-10/h1-3,5,8H,4,6H2. The number of hydrogen-bond acceptors (Lipinski definition) is 3. The molecule has 0 unspecified atom stereocenters. The molecule has 0 amide bonds. The Kier molecular flexibility index (Phi) is 2.92. The van der Waals surface area contributed by atoms with Crippen LogP contribution in [-0.4, -0.2) is 21.4 Å². The predicted molar refractivity (Wildman–Crippen MR) is 56.1 cm³/mol. The molecule has 5 heteroatoms. The first-order valence-corrected chi connectivity index (χ1v) is 4.80. The van der Waals surface area contributed by atoms with Crippen molar-refractivity contribution in [1.82, 2.24) is 14.8 Å². The highest BCUT2D eigenvalue weighted by Crippen LogP contribution is 2.18. The second-order valence-corrected chi connectivity index (χ2v) is 3.17. The molecule has 16 heavy (non-hydrogen) atoms. The lowest BCUT2D eigenvalue weighted by Gasteiger charge is -1.95. The van der Waals surface area contributed by atoms with E-state index in [1.165, 1.54) is 10.9 Å². The maximum atomic E-state index is 12.2. The molecule has 0 saturated carbocycles. The number of hydrogen-bond donors (Lipinski definition) is 0. The van der Waals surface area contributed by atoms with E-state index in [1.807, 2.05) is 12.1 Å². The minimum atomic E-state index is -0.506. The molecule has 0 fully saturated rings. The van der Waals surface area contributed by atoms with Gasteiger partial charge in [-0.3, -0.25) is 9.67 Å². The second-order valence-electron chi connectivity index (χ2n) is 3.17. The lowest BCUT2D eigenvalue weighted by molar-refractivity contribution is 0.427. The molecule has 0 aliphatic carbocycles. The van der Waals surface area contributed by atoms with Gasteiger partial charge in [-0.1, -0.05) is 6.07 Å². The van der Waals surface area contributed by atoms with Crippen LogP contribution in [-0.2, 0) is 6.54 Å². The van der Waals surface area contributed by atoms with E-state index < -0.39 is 6.67 Å². The van der Waals surface area contributed by atoms with E-state index in [2.05, 4.69) is 10.1 Å². The molecular weight excluding hydrogens is 207 g/mol. The number of nitrogens with zero attached hydrogens (tertiary/aromatic N) is 4. The van der Waals surface area contributed by atoms with Gasteiger partial charge in [0.1, 0.15) is 18.4 Å². The molecule has 2 aromatic heterocycles. The van der Waals surface area contributed by atoms with Crippen molar-refractivity contribution in [2.75, 3.05) is 6.67 Å². The zero-order valence-electron chi connectivity index (χ0n) is 8.47. The third-order valence-corrected chi connectivity index (χ3v) is 2.10. The van der Waals surface area contributed by atoms with E-state index >= 15 is 0 Å². The van der Waals surface area contributed by atoms with Gasteiger partial charge in [0.05, 0.1) is 17.8 Å². The van der Waals surface area contributed by atoms with Crippen molar-refractivity contribution in [3.05, 3.63) is 36.2 Å². The van der Waals surface area contributed by atoms with E-state index in [-0.39, 0.29) is 6.54 Å². The van der Waals surface area contributed by atoms with Gasteiger partial charge in [0.2, 0.25) is 0 Å². The Labute approximate surface area is 92.0 Å². The molecule has 2 heterocycles. The molecule has 0 spiro atoms. The van der Waals surface area contributed by atoms with Crippen LogP contribution in [0.1, 0.15) is 5.56 Å². The molecule has 2 aromatic rings. The van der Waals surface area contributed by atoms with E-state index in [1.54, 1.807) is 18.3 Å². The van der Waals surface area contributed by atoms with Crippen LogP contribution in [0.4, 0.5) is 4.39 Å². The maximum absolute atomic E-state index is 12.2. The molecule has 0 bridgehead atoms. The Morgan fingerprint density at radius 2 is 2.31 bits per heavy atom. The van der Waals surface area contributed by atoms with E-state index in [0.717, 1.165) is 0 Å². The first kappa shape index (κ1) is 10.3. The maximum Gasteiger partial charge on any atom is 0.128 e. The fourth-order valence-corrected chi connectivity index (χ4v) is 1.40. The number of rotatable bonds is 3. The Bertz CT molecular complexity index is 513. The van der Waals surface area contributed by atoms with Crippen LogP contribution in [0.5, 0.6) is 0 Å². The SMILES string of the molecule is N#Cc1cn(CCF)nc1-c1ccccn1. The summed E-state index contributed by atoms with van der Waals surface area (Å²) < 4.78 is 13.6. The van der Waals surface area contributed by atoms with Gasteiger partial charge in [-0.15, -0.1) is 0 Å². The van der Waals surface area contributed by atoms with Gasteiger partial charge >= 0.3 is 0 Å². The third kappa shape index (κ3) is 1.91. The molecule has 4 nitrogen and oxygen atoms in total. The van der Waals surface area contributed by atoms with Crippen molar-refractivity contribution in [2.45, 2.75) is 6.54 Å². The van der Waals surface area contributed by atoms with E-state index in [0.29, 0.717) is 17.0 Å². The average molecular weight is 216 g/mol. The number of pyridine rings is 1.